The molecular formula is C13H15FN2O. The maximum Gasteiger partial charge on any atom is 0.146 e. The van der Waals surface area contributed by atoms with Crippen LogP contribution in [-0.2, 0) is 6.54 Å². The van der Waals surface area contributed by atoms with E-state index < -0.39 is 0 Å². The third-order valence-corrected chi connectivity index (χ3v) is 2.76. The molecule has 0 spiro atoms. The Kier molecular flexibility index (Phi) is 3.13. The summed E-state index contributed by atoms with van der Waals surface area (Å²) in [4.78, 5) is 0. The minimum atomic E-state index is -0.248. The molecule has 0 unspecified atom stereocenters. The smallest absolute Gasteiger partial charge is 0.146 e. The van der Waals surface area contributed by atoms with Crippen LogP contribution in [0.2, 0.25) is 0 Å². The molecule has 2 rings (SSSR count). The molecule has 0 bridgehead atoms. The molecule has 1 N–H and O–H groups in total. The van der Waals surface area contributed by atoms with Crippen molar-refractivity contribution in [1.82, 2.24) is 5.16 Å². The summed E-state index contributed by atoms with van der Waals surface area (Å²) in [6, 6.07) is 4.99. The highest BCUT2D eigenvalue weighted by atomic mass is 19.1. The Labute approximate surface area is 99.6 Å². The number of hydrogen-bond acceptors (Lipinski definition) is 3. The van der Waals surface area contributed by atoms with Gasteiger partial charge in [-0.25, -0.2) is 4.39 Å². The topological polar surface area (TPSA) is 38.1 Å². The molecule has 4 heteroatoms. The van der Waals surface area contributed by atoms with Crippen LogP contribution in [0, 0.1) is 26.6 Å². The Morgan fingerprint density at radius 3 is 2.71 bits per heavy atom. The number of halogens is 1. The maximum absolute atomic E-state index is 13.5. The third kappa shape index (κ3) is 2.46. The second kappa shape index (κ2) is 4.57. The molecule has 1 heterocycles. The first-order chi connectivity index (χ1) is 8.08. The second-order valence-electron chi connectivity index (χ2n) is 4.14. The Balaban J connectivity index is 2.15. The van der Waals surface area contributed by atoms with Crippen LogP contribution in [0.4, 0.5) is 10.1 Å². The Hall–Kier alpha value is -1.84. The van der Waals surface area contributed by atoms with Gasteiger partial charge < -0.3 is 9.84 Å². The number of aromatic nitrogens is 1. The Morgan fingerprint density at radius 2 is 2.06 bits per heavy atom. The minimum Gasteiger partial charge on any atom is -0.378 e. The van der Waals surface area contributed by atoms with Crippen molar-refractivity contribution in [3.05, 3.63) is 46.6 Å². The molecule has 1 aromatic carbocycles. The summed E-state index contributed by atoms with van der Waals surface area (Å²) < 4.78 is 18.6. The lowest BCUT2D eigenvalue weighted by Gasteiger charge is -2.08. The van der Waals surface area contributed by atoms with E-state index in [1.54, 1.807) is 12.1 Å². The zero-order chi connectivity index (χ0) is 12.4. The molecule has 90 valence electrons. The summed E-state index contributed by atoms with van der Waals surface area (Å²) in [6.07, 6.45) is 0. The molecule has 0 atom stereocenters. The van der Waals surface area contributed by atoms with Gasteiger partial charge >= 0.3 is 0 Å². The fourth-order valence-corrected chi connectivity index (χ4v) is 1.71. The Bertz CT molecular complexity index is 515. The lowest BCUT2D eigenvalue weighted by Crippen LogP contribution is -2.03. The molecule has 0 aliphatic rings. The van der Waals surface area contributed by atoms with Crippen LogP contribution in [0.1, 0.15) is 22.6 Å². The summed E-state index contributed by atoms with van der Waals surface area (Å²) in [5, 5.41) is 6.92. The third-order valence-electron chi connectivity index (χ3n) is 2.76. The van der Waals surface area contributed by atoms with Gasteiger partial charge in [0.1, 0.15) is 11.6 Å². The van der Waals surface area contributed by atoms with Crippen LogP contribution < -0.4 is 5.32 Å². The van der Waals surface area contributed by atoms with Crippen LogP contribution in [0.3, 0.4) is 0 Å². The molecule has 0 amide bonds. The molecule has 3 nitrogen and oxygen atoms in total. The van der Waals surface area contributed by atoms with E-state index in [1.807, 2.05) is 20.8 Å². The summed E-state index contributed by atoms with van der Waals surface area (Å²) in [5.74, 6) is 0.519. The van der Waals surface area contributed by atoms with E-state index in [9.17, 15) is 4.39 Å². The molecule has 0 aliphatic carbocycles. The number of anilines is 1. The molecule has 0 saturated heterocycles. The van der Waals surface area contributed by atoms with Gasteiger partial charge in [0.2, 0.25) is 0 Å². The van der Waals surface area contributed by atoms with Crippen molar-refractivity contribution in [2.24, 2.45) is 0 Å². The molecule has 1 aromatic heterocycles. The van der Waals surface area contributed by atoms with Gasteiger partial charge in [-0.15, -0.1) is 0 Å². The fourth-order valence-electron chi connectivity index (χ4n) is 1.71. The van der Waals surface area contributed by atoms with Gasteiger partial charge in [0.25, 0.3) is 0 Å². The number of hydrogen-bond donors (Lipinski definition) is 1. The predicted molar refractivity (Wildman–Crippen MR) is 64.4 cm³/mol. The molecular weight excluding hydrogens is 219 g/mol. The molecule has 0 aliphatic heterocycles. The van der Waals surface area contributed by atoms with Gasteiger partial charge in [0.15, 0.2) is 0 Å². The van der Waals surface area contributed by atoms with Crippen LogP contribution >= 0.6 is 0 Å². The van der Waals surface area contributed by atoms with E-state index in [2.05, 4.69) is 10.5 Å². The lowest BCUT2D eigenvalue weighted by atomic mass is 10.2. The van der Waals surface area contributed by atoms with Crippen LogP contribution in [0.25, 0.3) is 0 Å². The molecule has 0 fully saturated rings. The van der Waals surface area contributed by atoms with E-state index in [0.29, 0.717) is 12.2 Å². The quantitative estimate of drug-likeness (QED) is 0.885. The average Bonchev–Trinajstić information content (AvgIpc) is 2.61. The van der Waals surface area contributed by atoms with Crippen molar-refractivity contribution >= 4 is 5.69 Å². The van der Waals surface area contributed by atoms with Crippen molar-refractivity contribution in [1.29, 1.82) is 0 Å². The normalized spacial score (nSPS) is 10.6. The zero-order valence-electron chi connectivity index (χ0n) is 10.2. The highest BCUT2D eigenvalue weighted by Crippen LogP contribution is 2.19. The minimum absolute atomic E-state index is 0.248. The molecule has 17 heavy (non-hydrogen) atoms. The summed E-state index contributed by atoms with van der Waals surface area (Å²) in [7, 11) is 0. The van der Waals surface area contributed by atoms with Crippen molar-refractivity contribution in [2.75, 3.05) is 5.32 Å². The van der Waals surface area contributed by atoms with Crippen LogP contribution in [0.15, 0.2) is 22.7 Å². The summed E-state index contributed by atoms with van der Waals surface area (Å²) >= 11 is 0. The van der Waals surface area contributed by atoms with E-state index >= 15 is 0 Å². The van der Waals surface area contributed by atoms with E-state index in [1.165, 1.54) is 6.07 Å². The summed E-state index contributed by atoms with van der Waals surface area (Å²) in [5.41, 5.74) is 3.34. The monoisotopic (exact) mass is 234 g/mol. The highest BCUT2D eigenvalue weighted by Gasteiger charge is 2.09. The number of nitrogens with one attached hydrogen (secondary N) is 1. The standard InChI is InChI=1S/C13H15FN2O/c1-8-4-5-12(14)13(6-8)15-7-11-9(2)16-17-10(11)3/h4-6,15H,7H2,1-3H3. The van der Waals surface area contributed by atoms with E-state index in [4.69, 9.17) is 4.52 Å². The van der Waals surface area contributed by atoms with Gasteiger partial charge in [0, 0.05) is 12.1 Å². The number of rotatable bonds is 3. The van der Waals surface area contributed by atoms with Gasteiger partial charge in [-0.05, 0) is 38.5 Å². The number of nitrogens with zero attached hydrogens (tertiary/aromatic N) is 1. The fraction of sp³-hybridized carbons (Fsp3) is 0.308. The van der Waals surface area contributed by atoms with Gasteiger partial charge in [-0.3, -0.25) is 0 Å². The van der Waals surface area contributed by atoms with Crippen molar-refractivity contribution < 1.29 is 8.91 Å². The number of aryl methyl sites for hydroxylation is 3. The van der Waals surface area contributed by atoms with Gasteiger partial charge in [-0.2, -0.15) is 0 Å². The van der Waals surface area contributed by atoms with Crippen molar-refractivity contribution in [3.8, 4) is 0 Å². The van der Waals surface area contributed by atoms with Crippen LogP contribution in [-0.4, -0.2) is 5.16 Å². The van der Waals surface area contributed by atoms with Crippen molar-refractivity contribution in [3.63, 3.8) is 0 Å². The molecule has 0 radical (unpaired) electrons. The summed E-state index contributed by atoms with van der Waals surface area (Å²) in [6.45, 7) is 6.17. The predicted octanol–water partition coefficient (Wildman–Crippen LogP) is 3.35. The van der Waals surface area contributed by atoms with E-state index in [-0.39, 0.29) is 5.82 Å². The maximum atomic E-state index is 13.5. The Morgan fingerprint density at radius 1 is 1.29 bits per heavy atom. The average molecular weight is 234 g/mol. The molecule has 2 aromatic rings. The van der Waals surface area contributed by atoms with Gasteiger partial charge in [-0.1, -0.05) is 11.2 Å². The second-order valence-corrected chi connectivity index (χ2v) is 4.14. The number of benzene rings is 1. The lowest BCUT2D eigenvalue weighted by molar-refractivity contribution is 0.392. The largest absolute Gasteiger partial charge is 0.378 e. The zero-order valence-corrected chi connectivity index (χ0v) is 10.2. The van der Waals surface area contributed by atoms with Crippen LogP contribution in [0.5, 0.6) is 0 Å². The van der Waals surface area contributed by atoms with E-state index in [0.717, 1.165) is 22.6 Å². The molecule has 0 saturated carbocycles. The first-order valence-corrected chi connectivity index (χ1v) is 5.49. The first kappa shape index (κ1) is 11.6. The SMILES string of the molecule is Cc1ccc(F)c(NCc2c(C)noc2C)c1. The van der Waals surface area contributed by atoms with Crippen molar-refractivity contribution in [2.45, 2.75) is 27.3 Å². The highest BCUT2D eigenvalue weighted by molar-refractivity contribution is 5.47. The van der Waals surface area contributed by atoms with Gasteiger partial charge in [0.05, 0.1) is 11.4 Å². The first-order valence-electron chi connectivity index (χ1n) is 5.49.